The van der Waals surface area contributed by atoms with Gasteiger partial charge >= 0.3 is 5.97 Å². The molecule has 1 rings (SSSR count). The summed E-state index contributed by atoms with van der Waals surface area (Å²) < 4.78 is 0. The Bertz CT molecular complexity index is 456. The number of nitrogens with one attached hydrogen (secondary N) is 1. The van der Waals surface area contributed by atoms with Crippen molar-refractivity contribution in [3.05, 3.63) is 39.9 Å². The van der Waals surface area contributed by atoms with Crippen molar-refractivity contribution >= 4 is 17.6 Å². The number of amides is 1. The van der Waals surface area contributed by atoms with Gasteiger partial charge in [-0.15, -0.1) is 0 Å². The fraction of sp³-hybridized carbons (Fsp3) is 0.111. The zero-order valence-electron chi connectivity index (χ0n) is 8.78. The van der Waals surface area contributed by atoms with E-state index in [1.165, 1.54) is 24.3 Å². The fourth-order valence-corrected chi connectivity index (χ4v) is 1.14. The van der Waals surface area contributed by atoms with E-state index in [1.54, 1.807) is 5.53 Å². The lowest BCUT2D eigenvalue weighted by atomic mass is 10.2. The number of aromatic carboxylic acids is 1. The quantitative estimate of drug-likeness (QED) is 0.582. The van der Waals surface area contributed by atoms with Crippen LogP contribution in [0.3, 0.4) is 0 Å². The molecule has 1 aromatic carbocycles. The maximum absolute atomic E-state index is 11.1. The van der Waals surface area contributed by atoms with Crippen LogP contribution >= 0.6 is 0 Å². The molecule has 8 nitrogen and oxygen atoms in total. The minimum absolute atomic E-state index is 0.0263. The summed E-state index contributed by atoms with van der Waals surface area (Å²) in [6.45, 7) is 1.14. The van der Waals surface area contributed by atoms with Crippen molar-refractivity contribution in [1.29, 1.82) is 0 Å². The molecule has 0 unspecified atom stereocenters. The molecule has 0 spiro atoms. The monoisotopic (exact) mass is 239 g/mol. The Hall–Kier alpha value is -2.64. The highest BCUT2D eigenvalue weighted by Gasteiger charge is 2.16. The molecular weight excluding hydrogens is 230 g/mol. The molecule has 0 saturated heterocycles. The Labute approximate surface area is 95.5 Å². The van der Waals surface area contributed by atoms with E-state index in [9.17, 15) is 19.7 Å². The Morgan fingerprint density at radius 3 is 2.24 bits per heavy atom. The fourth-order valence-electron chi connectivity index (χ4n) is 1.14. The van der Waals surface area contributed by atoms with Gasteiger partial charge in [-0.05, 0) is 29.8 Å². The average Bonchev–Trinajstić information content (AvgIpc) is 2.25. The van der Waals surface area contributed by atoms with Crippen LogP contribution in [0.15, 0.2) is 24.3 Å². The summed E-state index contributed by atoms with van der Waals surface area (Å²) in [6.07, 6.45) is 0. The molecule has 0 atom stereocenters. The van der Waals surface area contributed by atoms with E-state index < -0.39 is 16.9 Å². The third-order valence-corrected chi connectivity index (χ3v) is 1.87. The van der Waals surface area contributed by atoms with Gasteiger partial charge in [0.1, 0.15) is 0 Å². The SMILES string of the molecule is CC(=O)N(N[N+](=O)[O-])c1ccc(C(=O)O)cc1. The van der Waals surface area contributed by atoms with Crippen molar-refractivity contribution < 1.29 is 19.7 Å². The molecule has 8 heteroatoms. The number of carboxylic acids is 1. The summed E-state index contributed by atoms with van der Waals surface area (Å²) in [7, 11) is 0. The zero-order valence-corrected chi connectivity index (χ0v) is 8.78. The molecule has 0 saturated carbocycles. The van der Waals surface area contributed by atoms with E-state index in [0.29, 0.717) is 5.01 Å². The van der Waals surface area contributed by atoms with Gasteiger partial charge in [0.2, 0.25) is 5.91 Å². The number of rotatable bonds is 4. The number of carbonyl (C=O) groups excluding carboxylic acids is 1. The molecule has 1 aromatic rings. The van der Waals surface area contributed by atoms with Crippen LogP contribution in [0.5, 0.6) is 0 Å². The second-order valence-corrected chi connectivity index (χ2v) is 3.06. The number of anilines is 1. The molecule has 0 aliphatic rings. The first kappa shape index (κ1) is 12.4. The van der Waals surface area contributed by atoms with E-state index >= 15 is 0 Å². The van der Waals surface area contributed by atoms with Crippen molar-refractivity contribution in [2.75, 3.05) is 5.01 Å². The van der Waals surface area contributed by atoms with E-state index in [0.717, 1.165) is 6.92 Å². The van der Waals surface area contributed by atoms with Gasteiger partial charge in [-0.25, -0.2) is 14.9 Å². The highest BCUT2D eigenvalue weighted by atomic mass is 16.7. The lowest BCUT2D eigenvalue weighted by molar-refractivity contribution is -0.544. The Balaban J connectivity index is 2.99. The Kier molecular flexibility index (Phi) is 3.60. The first-order valence-electron chi connectivity index (χ1n) is 4.46. The van der Waals surface area contributed by atoms with E-state index in [2.05, 4.69) is 0 Å². The molecular formula is C9H9N3O5. The molecule has 0 aromatic heterocycles. The predicted octanol–water partition coefficient (Wildman–Crippen LogP) is 0.434. The van der Waals surface area contributed by atoms with Gasteiger partial charge in [-0.1, -0.05) is 0 Å². The van der Waals surface area contributed by atoms with Crippen LogP contribution in [0.4, 0.5) is 5.69 Å². The number of hydrogen-bond donors (Lipinski definition) is 2. The zero-order chi connectivity index (χ0) is 13.0. The number of carbonyl (C=O) groups is 2. The van der Waals surface area contributed by atoms with Gasteiger partial charge in [0.15, 0.2) is 5.03 Å². The predicted molar refractivity (Wildman–Crippen MR) is 56.7 cm³/mol. The molecule has 0 fully saturated rings. The molecule has 0 bridgehead atoms. The van der Waals surface area contributed by atoms with Crippen molar-refractivity contribution in [3.63, 3.8) is 0 Å². The van der Waals surface area contributed by atoms with Gasteiger partial charge in [0.05, 0.1) is 11.3 Å². The maximum atomic E-state index is 11.1. The number of nitro groups is 1. The molecule has 90 valence electrons. The maximum Gasteiger partial charge on any atom is 0.335 e. The van der Waals surface area contributed by atoms with Crippen LogP contribution < -0.4 is 10.5 Å². The molecule has 17 heavy (non-hydrogen) atoms. The lowest BCUT2D eigenvalue weighted by Crippen LogP contribution is -2.45. The molecule has 0 aliphatic carbocycles. The van der Waals surface area contributed by atoms with Gasteiger partial charge in [-0.3, -0.25) is 4.79 Å². The smallest absolute Gasteiger partial charge is 0.335 e. The lowest BCUT2D eigenvalue weighted by Gasteiger charge is -2.16. The van der Waals surface area contributed by atoms with Crippen LogP contribution in [0, 0.1) is 10.1 Å². The summed E-state index contributed by atoms with van der Waals surface area (Å²) in [4.78, 5) is 32.0. The molecule has 2 N–H and O–H groups in total. The number of hydrogen-bond acceptors (Lipinski definition) is 4. The van der Waals surface area contributed by atoms with Crippen LogP contribution in [0.25, 0.3) is 0 Å². The highest BCUT2D eigenvalue weighted by molar-refractivity contribution is 5.92. The summed E-state index contributed by atoms with van der Waals surface area (Å²) in [5.41, 5.74) is 1.91. The molecule has 0 aliphatic heterocycles. The summed E-state index contributed by atoms with van der Waals surface area (Å²) in [5.74, 6) is -1.71. The Morgan fingerprint density at radius 2 is 1.88 bits per heavy atom. The van der Waals surface area contributed by atoms with Crippen molar-refractivity contribution in [2.24, 2.45) is 0 Å². The molecule has 1 amide bonds. The van der Waals surface area contributed by atoms with Crippen LogP contribution in [0.2, 0.25) is 0 Å². The number of carboxylic acid groups (broad SMARTS) is 1. The van der Waals surface area contributed by atoms with E-state index in [1.807, 2.05) is 0 Å². The molecule has 0 heterocycles. The van der Waals surface area contributed by atoms with Gasteiger partial charge in [-0.2, -0.15) is 5.01 Å². The van der Waals surface area contributed by atoms with Crippen LogP contribution in [-0.2, 0) is 4.79 Å². The molecule has 0 radical (unpaired) electrons. The van der Waals surface area contributed by atoms with Gasteiger partial charge in [0, 0.05) is 6.92 Å². The summed E-state index contributed by atoms with van der Waals surface area (Å²) in [6, 6.07) is 5.08. The number of nitrogens with zero attached hydrogens (tertiary/aromatic N) is 2. The van der Waals surface area contributed by atoms with Crippen LogP contribution in [-0.4, -0.2) is 22.0 Å². The highest BCUT2D eigenvalue weighted by Crippen LogP contribution is 2.13. The standard InChI is InChI=1S/C9H9N3O5/c1-6(13)11(10-12(16)17)8-4-2-7(3-5-8)9(14)15/h2-5,10H,1H3,(H,14,15). The normalized spacial score (nSPS) is 9.47. The van der Waals surface area contributed by atoms with Gasteiger partial charge in [0.25, 0.3) is 0 Å². The first-order chi connectivity index (χ1) is 7.91. The first-order valence-corrected chi connectivity index (χ1v) is 4.46. The second kappa shape index (κ2) is 4.92. The average molecular weight is 239 g/mol. The number of hydrazine groups is 2. The van der Waals surface area contributed by atoms with E-state index in [-0.39, 0.29) is 11.3 Å². The third-order valence-electron chi connectivity index (χ3n) is 1.87. The topological polar surface area (TPSA) is 113 Å². The number of benzene rings is 1. The summed E-state index contributed by atoms with van der Waals surface area (Å²) in [5, 5.41) is 18.8. The third kappa shape index (κ3) is 3.16. The van der Waals surface area contributed by atoms with Crippen molar-refractivity contribution in [2.45, 2.75) is 6.92 Å². The van der Waals surface area contributed by atoms with E-state index in [4.69, 9.17) is 5.11 Å². The van der Waals surface area contributed by atoms with Crippen LogP contribution in [0.1, 0.15) is 17.3 Å². The van der Waals surface area contributed by atoms with Crippen molar-refractivity contribution in [3.8, 4) is 0 Å². The minimum atomic E-state index is -1.12. The Morgan fingerprint density at radius 1 is 1.35 bits per heavy atom. The van der Waals surface area contributed by atoms with Gasteiger partial charge < -0.3 is 5.11 Å². The summed E-state index contributed by atoms with van der Waals surface area (Å²) >= 11 is 0. The second-order valence-electron chi connectivity index (χ2n) is 3.06. The minimum Gasteiger partial charge on any atom is -0.478 e. The largest absolute Gasteiger partial charge is 0.478 e. The van der Waals surface area contributed by atoms with Crippen molar-refractivity contribution in [1.82, 2.24) is 5.53 Å².